The molecule has 0 aliphatic carbocycles. The van der Waals surface area contributed by atoms with Gasteiger partial charge in [0, 0.05) is 18.1 Å². The van der Waals surface area contributed by atoms with Gasteiger partial charge in [0.15, 0.2) is 0 Å². The number of hydrogen-bond acceptors (Lipinski definition) is 4. The van der Waals surface area contributed by atoms with Crippen molar-refractivity contribution in [2.24, 2.45) is 0 Å². The molecule has 0 aromatic rings. The second-order valence-electron chi connectivity index (χ2n) is 2.81. The van der Waals surface area contributed by atoms with Crippen LogP contribution >= 0.6 is 11.6 Å². The van der Waals surface area contributed by atoms with Crippen molar-refractivity contribution in [3.63, 3.8) is 0 Å². The maximum atomic E-state index is 10.9. The van der Waals surface area contributed by atoms with Crippen LogP contribution in [0, 0.1) is 0 Å². The summed E-state index contributed by atoms with van der Waals surface area (Å²) in [6, 6.07) is 0. The van der Waals surface area contributed by atoms with Gasteiger partial charge in [-0.2, -0.15) is 0 Å². The Morgan fingerprint density at radius 1 is 1.71 bits per heavy atom. The lowest BCUT2D eigenvalue weighted by Gasteiger charge is -2.10. The van der Waals surface area contributed by atoms with Gasteiger partial charge in [-0.05, 0) is 6.92 Å². The Balaban J connectivity index is 3.49. The fraction of sp³-hybridized carbons (Fsp3) is 0.667. The third-order valence-electron chi connectivity index (χ3n) is 1.40. The zero-order chi connectivity index (χ0) is 11.0. The second-order valence-corrected chi connectivity index (χ2v) is 3.35. The molecule has 0 amide bonds. The van der Waals surface area contributed by atoms with E-state index in [0.29, 0.717) is 24.7 Å². The summed E-state index contributed by atoms with van der Waals surface area (Å²) in [6.07, 6.45) is -0.750. The zero-order valence-corrected chi connectivity index (χ0v) is 9.01. The highest BCUT2D eigenvalue weighted by Gasteiger charge is 2.10. The lowest BCUT2D eigenvalue weighted by Crippen LogP contribution is -2.29. The SMILES string of the molecule is C=C(Cl)CNCC(O)CC(=O)OCC. The summed E-state index contributed by atoms with van der Waals surface area (Å²) in [5.74, 6) is -0.397. The summed E-state index contributed by atoms with van der Waals surface area (Å²) in [5, 5.41) is 12.6. The van der Waals surface area contributed by atoms with E-state index < -0.39 is 12.1 Å². The van der Waals surface area contributed by atoms with Crippen molar-refractivity contribution in [2.45, 2.75) is 19.4 Å². The van der Waals surface area contributed by atoms with Gasteiger partial charge in [0.1, 0.15) is 0 Å². The summed E-state index contributed by atoms with van der Waals surface area (Å²) in [7, 11) is 0. The first kappa shape index (κ1) is 13.4. The largest absolute Gasteiger partial charge is 0.466 e. The number of nitrogens with one attached hydrogen (secondary N) is 1. The number of aliphatic hydroxyl groups excluding tert-OH is 1. The Morgan fingerprint density at radius 2 is 2.36 bits per heavy atom. The standard InChI is InChI=1S/C9H16ClNO3/c1-3-14-9(13)4-8(12)6-11-5-7(2)10/h8,11-12H,2-6H2,1H3. The van der Waals surface area contributed by atoms with Crippen LogP contribution in [-0.4, -0.2) is 36.9 Å². The number of aliphatic hydroxyl groups is 1. The highest BCUT2D eigenvalue weighted by Crippen LogP contribution is 1.96. The molecule has 5 heteroatoms. The number of esters is 1. The van der Waals surface area contributed by atoms with Gasteiger partial charge in [-0.3, -0.25) is 4.79 Å². The average Bonchev–Trinajstić information content (AvgIpc) is 2.03. The van der Waals surface area contributed by atoms with Gasteiger partial charge < -0.3 is 15.2 Å². The fourth-order valence-electron chi connectivity index (χ4n) is 0.859. The minimum atomic E-state index is -0.745. The third-order valence-corrected chi connectivity index (χ3v) is 1.54. The highest BCUT2D eigenvalue weighted by atomic mass is 35.5. The van der Waals surface area contributed by atoms with Crippen LogP contribution in [-0.2, 0) is 9.53 Å². The minimum Gasteiger partial charge on any atom is -0.466 e. The van der Waals surface area contributed by atoms with Gasteiger partial charge in [-0.1, -0.05) is 18.2 Å². The van der Waals surface area contributed by atoms with Crippen molar-refractivity contribution in [3.8, 4) is 0 Å². The van der Waals surface area contributed by atoms with Crippen molar-refractivity contribution in [3.05, 3.63) is 11.6 Å². The van der Waals surface area contributed by atoms with E-state index in [2.05, 4.69) is 16.6 Å². The fourth-order valence-corrected chi connectivity index (χ4v) is 0.953. The van der Waals surface area contributed by atoms with E-state index in [1.54, 1.807) is 6.92 Å². The molecule has 0 aromatic heterocycles. The monoisotopic (exact) mass is 221 g/mol. The Morgan fingerprint density at radius 3 is 2.86 bits per heavy atom. The van der Waals surface area contributed by atoms with E-state index in [4.69, 9.17) is 11.6 Å². The van der Waals surface area contributed by atoms with E-state index >= 15 is 0 Å². The summed E-state index contributed by atoms with van der Waals surface area (Å²) < 4.78 is 4.67. The molecule has 82 valence electrons. The summed E-state index contributed by atoms with van der Waals surface area (Å²) in [4.78, 5) is 10.9. The topological polar surface area (TPSA) is 58.6 Å². The normalized spacial score (nSPS) is 12.2. The van der Waals surface area contributed by atoms with E-state index in [9.17, 15) is 9.90 Å². The van der Waals surface area contributed by atoms with Crippen LogP contribution in [0.4, 0.5) is 0 Å². The molecule has 0 aliphatic heterocycles. The predicted octanol–water partition coefficient (Wildman–Crippen LogP) is 0.643. The molecule has 1 atom stereocenters. The Bertz CT molecular complexity index is 196. The molecule has 0 radical (unpaired) electrons. The van der Waals surface area contributed by atoms with Gasteiger partial charge in [0.05, 0.1) is 19.1 Å². The van der Waals surface area contributed by atoms with Crippen LogP contribution in [0.25, 0.3) is 0 Å². The van der Waals surface area contributed by atoms with Crippen LogP contribution in [0.5, 0.6) is 0 Å². The number of halogens is 1. The molecule has 0 heterocycles. The molecule has 0 rings (SSSR count). The number of rotatable bonds is 7. The zero-order valence-electron chi connectivity index (χ0n) is 8.25. The lowest BCUT2D eigenvalue weighted by molar-refractivity contribution is -0.145. The van der Waals surface area contributed by atoms with Crippen molar-refractivity contribution in [2.75, 3.05) is 19.7 Å². The molecule has 1 unspecified atom stereocenters. The quantitative estimate of drug-likeness (QED) is 0.620. The molecular weight excluding hydrogens is 206 g/mol. The summed E-state index contributed by atoms with van der Waals surface area (Å²) >= 11 is 5.49. The molecule has 0 saturated heterocycles. The Kier molecular flexibility index (Phi) is 7.47. The Labute approximate surface area is 88.9 Å². The number of carbonyl (C=O) groups excluding carboxylic acids is 1. The highest BCUT2D eigenvalue weighted by molar-refractivity contribution is 6.29. The number of carbonyl (C=O) groups is 1. The van der Waals surface area contributed by atoms with Crippen LogP contribution in [0.15, 0.2) is 11.6 Å². The Hall–Kier alpha value is -0.580. The average molecular weight is 222 g/mol. The third kappa shape index (κ3) is 8.04. The maximum absolute atomic E-state index is 10.9. The minimum absolute atomic E-state index is 0.00436. The summed E-state index contributed by atoms with van der Waals surface area (Å²) in [6.45, 7) is 6.24. The van der Waals surface area contributed by atoms with Gasteiger partial charge in [0.25, 0.3) is 0 Å². The van der Waals surface area contributed by atoms with Crippen LogP contribution < -0.4 is 5.32 Å². The van der Waals surface area contributed by atoms with Gasteiger partial charge >= 0.3 is 5.97 Å². The van der Waals surface area contributed by atoms with Gasteiger partial charge in [-0.15, -0.1) is 0 Å². The van der Waals surface area contributed by atoms with E-state index in [0.717, 1.165) is 0 Å². The number of ether oxygens (including phenoxy) is 1. The lowest BCUT2D eigenvalue weighted by atomic mass is 10.2. The van der Waals surface area contributed by atoms with E-state index in [-0.39, 0.29) is 6.42 Å². The van der Waals surface area contributed by atoms with Gasteiger partial charge in [0.2, 0.25) is 0 Å². The summed E-state index contributed by atoms with van der Waals surface area (Å²) in [5.41, 5.74) is 0. The first-order chi connectivity index (χ1) is 6.56. The van der Waals surface area contributed by atoms with E-state index in [1.165, 1.54) is 0 Å². The molecule has 4 nitrogen and oxygen atoms in total. The molecule has 0 spiro atoms. The molecule has 0 aromatic carbocycles. The van der Waals surface area contributed by atoms with Crippen molar-refractivity contribution in [1.82, 2.24) is 5.32 Å². The molecule has 0 aliphatic rings. The predicted molar refractivity (Wildman–Crippen MR) is 55.1 cm³/mol. The van der Waals surface area contributed by atoms with E-state index in [1.807, 2.05) is 0 Å². The first-order valence-electron chi connectivity index (χ1n) is 4.44. The molecule has 0 bridgehead atoms. The van der Waals surface area contributed by atoms with Gasteiger partial charge in [-0.25, -0.2) is 0 Å². The molecule has 0 saturated carbocycles. The second kappa shape index (κ2) is 7.79. The van der Waals surface area contributed by atoms with Crippen LogP contribution in [0.2, 0.25) is 0 Å². The first-order valence-corrected chi connectivity index (χ1v) is 4.81. The van der Waals surface area contributed by atoms with Crippen LogP contribution in [0.3, 0.4) is 0 Å². The maximum Gasteiger partial charge on any atom is 0.308 e. The van der Waals surface area contributed by atoms with Crippen molar-refractivity contribution in [1.29, 1.82) is 0 Å². The van der Waals surface area contributed by atoms with Crippen molar-refractivity contribution < 1.29 is 14.6 Å². The number of hydrogen-bond donors (Lipinski definition) is 2. The van der Waals surface area contributed by atoms with Crippen molar-refractivity contribution >= 4 is 17.6 Å². The molecule has 2 N–H and O–H groups in total. The molecule has 14 heavy (non-hydrogen) atoms. The smallest absolute Gasteiger partial charge is 0.308 e. The van der Waals surface area contributed by atoms with Crippen LogP contribution in [0.1, 0.15) is 13.3 Å². The molecular formula is C9H16ClNO3. The molecule has 0 fully saturated rings.